The first-order valence-electron chi connectivity index (χ1n) is 7.52. The normalized spacial score (nSPS) is 12.9. The van der Waals surface area contributed by atoms with Gasteiger partial charge in [-0.25, -0.2) is 13.6 Å². The molecule has 0 fully saturated rings. The lowest BCUT2D eigenvalue weighted by Crippen LogP contribution is -2.33. The molecule has 0 heterocycles. The van der Waals surface area contributed by atoms with Gasteiger partial charge in [0.05, 0.1) is 11.9 Å². The van der Waals surface area contributed by atoms with E-state index in [1.807, 2.05) is 0 Å². The maximum absolute atomic E-state index is 13.3. The predicted octanol–water partition coefficient (Wildman–Crippen LogP) is 5.16. The molecule has 0 unspecified atom stereocenters. The monoisotopic (exact) mass is 365 g/mol. The zero-order valence-electron chi connectivity index (χ0n) is 14.1. The first kappa shape index (κ1) is 20.9. The van der Waals surface area contributed by atoms with Gasteiger partial charge in [-0.15, -0.1) is 0 Å². The molecule has 0 bridgehead atoms. The van der Waals surface area contributed by atoms with E-state index < -0.39 is 29.3 Å². The minimum absolute atomic E-state index is 0.00735. The largest absolute Gasteiger partial charge is 0.444 e. The smallest absolute Gasteiger partial charge is 0.416 e. The number of alkyl halides is 3. The molecule has 3 nitrogen and oxygen atoms in total. The second kappa shape index (κ2) is 8.31. The molecule has 140 valence electrons. The molecule has 1 N–H and O–H groups in total. The van der Waals surface area contributed by atoms with E-state index in [0.29, 0.717) is 6.07 Å². The lowest BCUT2D eigenvalue weighted by Gasteiger charge is -2.20. The molecule has 1 aromatic carbocycles. The Morgan fingerprint density at radius 3 is 2.36 bits per heavy atom. The predicted molar refractivity (Wildman–Crippen MR) is 83.2 cm³/mol. The van der Waals surface area contributed by atoms with Crippen LogP contribution in [0.1, 0.15) is 38.3 Å². The van der Waals surface area contributed by atoms with Gasteiger partial charge in [0.25, 0.3) is 0 Å². The van der Waals surface area contributed by atoms with Gasteiger partial charge in [0.2, 0.25) is 0 Å². The van der Waals surface area contributed by atoms with Crippen molar-refractivity contribution in [1.29, 1.82) is 0 Å². The van der Waals surface area contributed by atoms with Crippen LogP contribution in [0.2, 0.25) is 0 Å². The molecule has 1 amide bonds. The number of alkyl carbamates (subject to hydrolysis) is 1. The van der Waals surface area contributed by atoms with Crippen LogP contribution >= 0.6 is 0 Å². The molecule has 0 aromatic heterocycles. The summed E-state index contributed by atoms with van der Waals surface area (Å²) in [5.74, 6) is -1.01. The highest BCUT2D eigenvalue weighted by Gasteiger charge is 2.31. The van der Waals surface area contributed by atoms with E-state index in [4.69, 9.17) is 4.74 Å². The van der Waals surface area contributed by atoms with E-state index in [1.54, 1.807) is 20.8 Å². The van der Waals surface area contributed by atoms with Crippen LogP contribution in [-0.4, -0.2) is 18.2 Å². The Labute approximate surface area is 142 Å². The summed E-state index contributed by atoms with van der Waals surface area (Å²) in [6.45, 7) is 4.84. The van der Waals surface area contributed by atoms with Crippen LogP contribution in [0.5, 0.6) is 0 Å². The third-order valence-electron chi connectivity index (χ3n) is 3.03. The van der Waals surface area contributed by atoms with Crippen molar-refractivity contribution in [3.05, 3.63) is 47.0 Å². The lowest BCUT2D eigenvalue weighted by atomic mass is 10.0. The maximum Gasteiger partial charge on any atom is 0.416 e. The minimum Gasteiger partial charge on any atom is -0.444 e. The summed E-state index contributed by atoms with van der Waals surface area (Å²) < 4.78 is 69.2. The molecule has 0 spiro atoms. The highest BCUT2D eigenvalue weighted by Crippen LogP contribution is 2.30. The molecule has 0 aliphatic heterocycles. The van der Waals surface area contributed by atoms with Crippen molar-refractivity contribution < 1.29 is 31.5 Å². The molecule has 1 aromatic rings. The SMILES string of the molecule is CC(C)(C)OC(=O)NC/C(=C/F)CCc1cc(F)cc(C(F)(F)F)c1. The number of aryl methyl sites for hydroxylation is 1. The van der Waals surface area contributed by atoms with Gasteiger partial charge in [-0.3, -0.25) is 0 Å². The summed E-state index contributed by atoms with van der Waals surface area (Å²) in [6, 6.07) is 2.19. The second-order valence-electron chi connectivity index (χ2n) is 6.47. The molecule has 1 rings (SSSR count). The quantitative estimate of drug-likeness (QED) is 0.733. The van der Waals surface area contributed by atoms with Gasteiger partial charge in [0.1, 0.15) is 11.4 Å². The van der Waals surface area contributed by atoms with Crippen LogP contribution in [0.3, 0.4) is 0 Å². The third kappa shape index (κ3) is 8.00. The number of carbonyl (C=O) groups excluding carboxylic acids is 1. The zero-order valence-corrected chi connectivity index (χ0v) is 14.1. The van der Waals surface area contributed by atoms with Crippen LogP contribution in [0.15, 0.2) is 30.1 Å². The lowest BCUT2D eigenvalue weighted by molar-refractivity contribution is -0.137. The number of hydrogen-bond acceptors (Lipinski definition) is 2. The first-order chi connectivity index (χ1) is 11.4. The zero-order chi connectivity index (χ0) is 19.3. The van der Waals surface area contributed by atoms with Gasteiger partial charge >= 0.3 is 12.3 Å². The minimum atomic E-state index is -4.66. The number of halogens is 5. The second-order valence-corrected chi connectivity index (χ2v) is 6.47. The molecule has 0 aliphatic rings. The van der Waals surface area contributed by atoms with Crippen molar-refractivity contribution in [2.24, 2.45) is 0 Å². The number of amides is 1. The summed E-state index contributed by atoms with van der Waals surface area (Å²) in [4.78, 5) is 11.5. The molecule has 0 saturated heterocycles. The van der Waals surface area contributed by atoms with Gasteiger partial charge in [-0.05, 0) is 62.9 Å². The van der Waals surface area contributed by atoms with Crippen LogP contribution in [-0.2, 0) is 17.3 Å². The molecular weight excluding hydrogens is 345 g/mol. The summed E-state index contributed by atoms with van der Waals surface area (Å²) in [7, 11) is 0. The van der Waals surface area contributed by atoms with Gasteiger partial charge in [-0.1, -0.05) is 0 Å². The molecule has 25 heavy (non-hydrogen) atoms. The Balaban J connectivity index is 2.64. The van der Waals surface area contributed by atoms with Crippen molar-refractivity contribution in [3.63, 3.8) is 0 Å². The summed E-state index contributed by atoms with van der Waals surface area (Å²) in [6.07, 6.45) is -5.12. The number of carbonyl (C=O) groups is 1. The van der Waals surface area contributed by atoms with E-state index in [-0.39, 0.29) is 36.9 Å². The van der Waals surface area contributed by atoms with E-state index in [1.165, 1.54) is 0 Å². The summed E-state index contributed by atoms with van der Waals surface area (Å²) in [5, 5.41) is 2.35. The Kier molecular flexibility index (Phi) is 6.96. The highest BCUT2D eigenvalue weighted by molar-refractivity contribution is 5.68. The Morgan fingerprint density at radius 1 is 1.20 bits per heavy atom. The van der Waals surface area contributed by atoms with Gasteiger partial charge in [0, 0.05) is 6.54 Å². The Bertz CT molecular complexity index is 633. The Hall–Kier alpha value is -2.12. The van der Waals surface area contributed by atoms with Crippen molar-refractivity contribution in [1.82, 2.24) is 5.32 Å². The van der Waals surface area contributed by atoms with Crippen molar-refractivity contribution in [2.75, 3.05) is 6.54 Å². The van der Waals surface area contributed by atoms with Gasteiger partial charge in [-0.2, -0.15) is 13.2 Å². The van der Waals surface area contributed by atoms with Gasteiger partial charge in [0.15, 0.2) is 0 Å². The van der Waals surface area contributed by atoms with Crippen molar-refractivity contribution in [3.8, 4) is 0 Å². The molecular formula is C17H20F5NO2. The average Bonchev–Trinajstić information content (AvgIpc) is 2.44. The Morgan fingerprint density at radius 2 is 1.84 bits per heavy atom. The standard InChI is InChI=1S/C17H20F5NO2/c1-16(2,3)25-15(24)23-10-12(9-18)5-4-11-6-13(17(20,21)22)8-14(19)7-11/h6-9H,4-5,10H2,1-3H3,(H,23,24)/b12-9+. The molecule has 0 radical (unpaired) electrons. The maximum atomic E-state index is 13.3. The van der Waals surface area contributed by atoms with Crippen molar-refractivity contribution in [2.45, 2.75) is 45.4 Å². The number of nitrogens with one attached hydrogen (secondary N) is 1. The topological polar surface area (TPSA) is 38.3 Å². The molecule has 0 saturated carbocycles. The van der Waals surface area contributed by atoms with E-state index in [2.05, 4.69) is 5.32 Å². The van der Waals surface area contributed by atoms with Crippen LogP contribution in [0, 0.1) is 5.82 Å². The molecule has 8 heteroatoms. The number of ether oxygens (including phenoxy) is 1. The van der Waals surface area contributed by atoms with Crippen molar-refractivity contribution >= 4 is 6.09 Å². The molecule has 0 aliphatic carbocycles. The fourth-order valence-corrected chi connectivity index (χ4v) is 1.94. The molecule has 0 atom stereocenters. The number of rotatable bonds is 5. The average molecular weight is 365 g/mol. The fraction of sp³-hybridized carbons (Fsp3) is 0.471. The van der Waals surface area contributed by atoms with Crippen LogP contribution in [0.25, 0.3) is 0 Å². The summed E-state index contributed by atoms with van der Waals surface area (Å²) in [5.41, 5.74) is -1.58. The highest BCUT2D eigenvalue weighted by atomic mass is 19.4. The van der Waals surface area contributed by atoms with Gasteiger partial charge < -0.3 is 10.1 Å². The first-order valence-corrected chi connectivity index (χ1v) is 7.52. The van der Waals surface area contributed by atoms with E-state index >= 15 is 0 Å². The van der Waals surface area contributed by atoms with E-state index in [9.17, 15) is 26.7 Å². The summed E-state index contributed by atoms with van der Waals surface area (Å²) >= 11 is 0. The third-order valence-corrected chi connectivity index (χ3v) is 3.03. The number of benzene rings is 1. The number of hydrogen-bond donors (Lipinski definition) is 1. The van der Waals surface area contributed by atoms with Crippen LogP contribution < -0.4 is 5.32 Å². The fourth-order valence-electron chi connectivity index (χ4n) is 1.94. The van der Waals surface area contributed by atoms with Crippen LogP contribution in [0.4, 0.5) is 26.7 Å². The van der Waals surface area contributed by atoms with E-state index in [0.717, 1.165) is 12.1 Å².